The van der Waals surface area contributed by atoms with Crippen LogP contribution in [0.3, 0.4) is 0 Å². The molecule has 1 fully saturated rings. The van der Waals surface area contributed by atoms with Crippen molar-refractivity contribution < 1.29 is 28.5 Å². The topological polar surface area (TPSA) is 98.7 Å². The highest BCUT2D eigenvalue weighted by atomic mass is 32.2. The molecule has 0 saturated carbocycles. The molecule has 2 atom stereocenters. The summed E-state index contributed by atoms with van der Waals surface area (Å²) in [5.74, 6) is 0.580. The van der Waals surface area contributed by atoms with Crippen molar-refractivity contribution in [3.05, 3.63) is 46.1 Å². The fourth-order valence-corrected chi connectivity index (χ4v) is 5.40. The highest BCUT2D eigenvalue weighted by Crippen LogP contribution is 2.46. The number of thioether (sulfide) groups is 1. The third-order valence-electron chi connectivity index (χ3n) is 6.11. The summed E-state index contributed by atoms with van der Waals surface area (Å²) in [7, 11) is 3.14. The van der Waals surface area contributed by atoms with Gasteiger partial charge in [0.05, 0.1) is 50.7 Å². The summed E-state index contributed by atoms with van der Waals surface area (Å²) in [6.45, 7) is 5.05. The van der Waals surface area contributed by atoms with E-state index in [4.69, 9.17) is 18.9 Å². The number of hydrogen-bond acceptors (Lipinski definition) is 9. The average molecular weight is 502 g/mol. The molecule has 1 amide bonds. The highest BCUT2D eigenvalue weighted by molar-refractivity contribution is 8.16. The summed E-state index contributed by atoms with van der Waals surface area (Å²) in [5, 5.41) is 5.60. The van der Waals surface area contributed by atoms with Crippen molar-refractivity contribution in [2.45, 2.75) is 45.3 Å². The number of aliphatic imine (C=N–C) groups is 1. The molecule has 0 unspecified atom stereocenters. The Morgan fingerprint density at radius 2 is 2.06 bits per heavy atom. The molecule has 3 heterocycles. The summed E-state index contributed by atoms with van der Waals surface area (Å²) < 4.78 is 21.9. The van der Waals surface area contributed by atoms with E-state index in [1.165, 1.54) is 11.8 Å². The van der Waals surface area contributed by atoms with Crippen LogP contribution in [0.2, 0.25) is 0 Å². The van der Waals surface area contributed by atoms with Crippen LogP contribution in [0.15, 0.2) is 45.6 Å². The van der Waals surface area contributed by atoms with Gasteiger partial charge in [0.1, 0.15) is 0 Å². The smallest absolute Gasteiger partial charge is 0.338 e. The lowest BCUT2D eigenvalue weighted by molar-refractivity contribution is -0.139. The van der Waals surface area contributed by atoms with Crippen LogP contribution >= 0.6 is 11.8 Å². The molecule has 0 aliphatic carbocycles. The van der Waals surface area contributed by atoms with Crippen LogP contribution in [0.4, 0.5) is 0 Å². The van der Waals surface area contributed by atoms with Crippen LogP contribution in [0, 0.1) is 0 Å². The number of amidine groups is 1. The van der Waals surface area contributed by atoms with Gasteiger partial charge >= 0.3 is 5.97 Å². The van der Waals surface area contributed by atoms with Gasteiger partial charge in [0.2, 0.25) is 5.91 Å². The lowest BCUT2D eigenvalue weighted by Gasteiger charge is -2.36. The Labute approximate surface area is 209 Å². The molecule has 1 aromatic carbocycles. The molecule has 0 aromatic heterocycles. The Bertz CT molecular complexity index is 1080. The molecular formula is C25H31N3O6S. The summed E-state index contributed by atoms with van der Waals surface area (Å²) in [5.41, 5.74) is 2.56. The molecule has 9 nitrogen and oxygen atoms in total. The number of fused-ring (bicyclic) bond motifs is 1. The van der Waals surface area contributed by atoms with Crippen LogP contribution < -0.4 is 14.8 Å². The molecule has 0 spiro atoms. The predicted molar refractivity (Wildman–Crippen MR) is 133 cm³/mol. The first kappa shape index (κ1) is 25.1. The number of methoxy groups -OCH3 is 2. The number of hydrogen-bond donors (Lipinski definition) is 1. The first-order valence-corrected chi connectivity index (χ1v) is 12.6. The second kappa shape index (κ2) is 11.2. The van der Waals surface area contributed by atoms with E-state index in [1.807, 2.05) is 22.4 Å². The minimum absolute atomic E-state index is 0.0681. The van der Waals surface area contributed by atoms with Crippen molar-refractivity contribution in [3.8, 4) is 11.5 Å². The van der Waals surface area contributed by atoms with Crippen molar-refractivity contribution in [2.24, 2.45) is 4.99 Å². The van der Waals surface area contributed by atoms with Crippen LogP contribution in [-0.2, 0) is 19.1 Å². The Kier molecular flexibility index (Phi) is 8.02. The lowest BCUT2D eigenvalue weighted by Crippen LogP contribution is -2.38. The van der Waals surface area contributed by atoms with Gasteiger partial charge in [-0.1, -0.05) is 17.8 Å². The van der Waals surface area contributed by atoms with Crippen molar-refractivity contribution >= 4 is 28.8 Å². The first-order chi connectivity index (χ1) is 17.0. The standard InChI is InChI=1S/C25H31N3O6S/c1-5-33-24(30)22-15(2)27-25-28(23(22)16-8-9-19(31-3)20(11-16)32-4)17(14-35-25)12-21(29)26-13-18-7-6-10-34-18/h8-9,11,14,18,23H,5-7,10,12-13H2,1-4H3,(H,26,29)/t18-,23-/m1/s1. The zero-order valence-electron chi connectivity index (χ0n) is 20.5. The van der Waals surface area contributed by atoms with E-state index in [0.717, 1.165) is 30.7 Å². The van der Waals surface area contributed by atoms with Gasteiger partial charge in [-0.05, 0) is 49.8 Å². The van der Waals surface area contributed by atoms with Gasteiger partial charge in [0, 0.05) is 18.8 Å². The van der Waals surface area contributed by atoms with E-state index < -0.39 is 12.0 Å². The number of carbonyl (C=O) groups is 2. The molecule has 1 aromatic rings. The van der Waals surface area contributed by atoms with E-state index in [2.05, 4.69) is 10.3 Å². The van der Waals surface area contributed by atoms with E-state index in [1.54, 1.807) is 34.1 Å². The molecule has 0 radical (unpaired) electrons. The van der Waals surface area contributed by atoms with Gasteiger partial charge in [-0.25, -0.2) is 9.79 Å². The minimum atomic E-state index is -0.534. The molecule has 10 heteroatoms. The molecule has 35 heavy (non-hydrogen) atoms. The first-order valence-electron chi connectivity index (χ1n) is 11.7. The molecule has 1 saturated heterocycles. The van der Waals surface area contributed by atoms with Crippen molar-refractivity contribution in [3.63, 3.8) is 0 Å². The Balaban J connectivity index is 1.65. The van der Waals surface area contributed by atoms with Crippen molar-refractivity contribution in [1.29, 1.82) is 0 Å². The molecule has 188 valence electrons. The SMILES string of the molecule is CCOC(=O)C1=C(C)N=C2SC=C(CC(=O)NC[C@H]3CCCO3)N2[C@@H]1c1ccc(OC)c(OC)c1. The fraction of sp³-hybridized carbons (Fsp3) is 0.480. The lowest BCUT2D eigenvalue weighted by atomic mass is 9.93. The number of carbonyl (C=O) groups excluding carboxylic acids is 2. The maximum Gasteiger partial charge on any atom is 0.338 e. The van der Waals surface area contributed by atoms with E-state index in [0.29, 0.717) is 34.5 Å². The zero-order valence-corrected chi connectivity index (χ0v) is 21.3. The number of rotatable bonds is 9. The van der Waals surface area contributed by atoms with Gasteiger partial charge < -0.3 is 29.2 Å². The Morgan fingerprint density at radius 3 is 2.74 bits per heavy atom. The summed E-state index contributed by atoms with van der Waals surface area (Å²) in [6, 6.07) is 5.00. The van der Waals surface area contributed by atoms with Gasteiger partial charge in [-0.3, -0.25) is 4.79 Å². The number of allylic oxidation sites excluding steroid dienone is 1. The van der Waals surface area contributed by atoms with Gasteiger partial charge in [-0.2, -0.15) is 0 Å². The third kappa shape index (κ3) is 5.33. The number of esters is 1. The van der Waals surface area contributed by atoms with Gasteiger partial charge in [-0.15, -0.1) is 0 Å². The fourth-order valence-electron chi connectivity index (χ4n) is 4.44. The van der Waals surface area contributed by atoms with Gasteiger partial charge in [0.25, 0.3) is 0 Å². The quantitative estimate of drug-likeness (QED) is 0.513. The van der Waals surface area contributed by atoms with Crippen LogP contribution in [0.25, 0.3) is 0 Å². The van der Waals surface area contributed by atoms with Crippen molar-refractivity contribution in [1.82, 2.24) is 10.2 Å². The molecule has 1 N–H and O–H groups in total. The molecule has 3 aliphatic heterocycles. The summed E-state index contributed by atoms with van der Waals surface area (Å²) in [4.78, 5) is 32.5. The minimum Gasteiger partial charge on any atom is -0.493 e. The largest absolute Gasteiger partial charge is 0.493 e. The molecule has 0 bridgehead atoms. The van der Waals surface area contributed by atoms with E-state index >= 15 is 0 Å². The monoisotopic (exact) mass is 501 g/mol. The second-order valence-corrected chi connectivity index (χ2v) is 9.18. The molecule has 3 aliphatic rings. The van der Waals surface area contributed by atoms with Crippen LogP contribution in [-0.4, -0.2) is 62.0 Å². The number of ether oxygens (including phenoxy) is 4. The Morgan fingerprint density at radius 1 is 1.26 bits per heavy atom. The predicted octanol–water partition coefficient (Wildman–Crippen LogP) is 3.53. The normalized spacial score (nSPS) is 21.3. The maximum atomic E-state index is 13.1. The second-order valence-electron chi connectivity index (χ2n) is 8.34. The summed E-state index contributed by atoms with van der Waals surface area (Å²) in [6.07, 6.45) is 2.19. The average Bonchev–Trinajstić information content (AvgIpc) is 3.51. The van der Waals surface area contributed by atoms with Crippen molar-refractivity contribution in [2.75, 3.05) is 34.0 Å². The maximum absolute atomic E-state index is 13.1. The Hall–Kier alpha value is -2.98. The number of benzene rings is 1. The van der Waals surface area contributed by atoms with E-state index in [-0.39, 0.29) is 25.0 Å². The highest BCUT2D eigenvalue weighted by Gasteiger charge is 2.41. The van der Waals surface area contributed by atoms with Crippen LogP contribution in [0.5, 0.6) is 11.5 Å². The number of nitrogens with one attached hydrogen (secondary N) is 1. The number of amides is 1. The van der Waals surface area contributed by atoms with E-state index in [9.17, 15) is 9.59 Å². The molecular weight excluding hydrogens is 470 g/mol. The molecule has 4 rings (SSSR count). The third-order valence-corrected chi connectivity index (χ3v) is 7.00. The zero-order chi connectivity index (χ0) is 24.9. The summed E-state index contributed by atoms with van der Waals surface area (Å²) >= 11 is 1.43. The van der Waals surface area contributed by atoms with Gasteiger partial charge in [0.15, 0.2) is 16.7 Å². The number of nitrogens with zero attached hydrogens (tertiary/aromatic N) is 2. The van der Waals surface area contributed by atoms with Crippen LogP contribution in [0.1, 0.15) is 44.7 Å².